The zero-order chi connectivity index (χ0) is 12.6. The lowest BCUT2D eigenvalue weighted by Gasteiger charge is -2.22. The molecule has 5 heteroatoms. The third kappa shape index (κ3) is 7.20. The van der Waals surface area contributed by atoms with E-state index in [0.29, 0.717) is 12.6 Å². The van der Waals surface area contributed by atoms with Crippen LogP contribution >= 0.6 is 7.60 Å². The maximum atomic E-state index is 11.4. The molecular formula is C12H26NO3P. The van der Waals surface area contributed by atoms with Crippen molar-refractivity contribution in [3.63, 3.8) is 0 Å². The van der Waals surface area contributed by atoms with Crippen molar-refractivity contribution in [2.75, 3.05) is 19.3 Å². The molecule has 1 unspecified atom stereocenters. The maximum absolute atomic E-state index is 11.4. The van der Waals surface area contributed by atoms with Gasteiger partial charge in [-0.1, -0.05) is 19.3 Å². The van der Waals surface area contributed by atoms with Crippen molar-refractivity contribution in [3.05, 3.63) is 0 Å². The van der Waals surface area contributed by atoms with Crippen LogP contribution in [0.4, 0.5) is 0 Å². The summed E-state index contributed by atoms with van der Waals surface area (Å²) >= 11 is 0. The summed E-state index contributed by atoms with van der Waals surface area (Å²) in [5.41, 5.74) is 0. The average Bonchev–Trinajstić information content (AvgIpc) is 2.30. The summed E-state index contributed by atoms with van der Waals surface area (Å²) in [4.78, 5) is 9.38. The third-order valence-electron chi connectivity index (χ3n) is 3.24. The second kappa shape index (κ2) is 8.25. The molecule has 0 saturated heterocycles. The fraction of sp³-hybridized carbons (Fsp3) is 1.00. The van der Waals surface area contributed by atoms with Crippen LogP contribution in [0.3, 0.4) is 0 Å². The molecule has 0 heterocycles. The van der Waals surface area contributed by atoms with Gasteiger partial charge in [-0.05, 0) is 39.2 Å². The average molecular weight is 263 g/mol. The zero-order valence-corrected chi connectivity index (χ0v) is 11.8. The monoisotopic (exact) mass is 263 g/mol. The van der Waals surface area contributed by atoms with Crippen molar-refractivity contribution < 1.29 is 14.0 Å². The Hall–Kier alpha value is 0.110. The topological polar surface area (TPSA) is 58.6 Å². The van der Waals surface area contributed by atoms with Gasteiger partial charge in [0.1, 0.15) is 0 Å². The molecule has 0 aromatic carbocycles. The van der Waals surface area contributed by atoms with Gasteiger partial charge in [0.25, 0.3) is 0 Å². The second-order valence-electron chi connectivity index (χ2n) is 4.78. The summed E-state index contributed by atoms with van der Waals surface area (Å²) in [6, 6.07) is 0.677. The maximum Gasteiger partial charge on any atom is 0.328 e. The van der Waals surface area contributed by atoms with Crippen LogP contribution in [-0.4, -0.2) is 30.2 Å². The van der Waals surface area contributed by atoms with Gasteiger partial charge in [-0.2, -0.15) is 0 Å². The molecule has 102 valence electrons. The predicted molar refractivity (Wildman–Crippen MR) is 70.4 cm³/mol. The largest absolute Gasteiger partial charge is 0.328 e. The van der Waals surface area contributed by atoms with Gasteiger partial charge in [-0.15, -0.1) is 0 Å². The summed E-state index contributed by atoms with van der Waals surface area (Å²) in [5, 5.41) is 3.53. The molecule has 1 aliphatic rings. The van der Waals surface area contributed by atoms with E-state index in [-0.39, 0.29) is 6.16 Å². The molecule has 0 aliphatic heterocycles. The van der Waals surface area contributed by atoms with Crippen LogP contribution in [0.5, 0.6) is 0 Å². The highest BCUT2D eigenvalue weighted by Gasteiger charge is 2.17. The van der Waals surface area contributed by atoms with Crippen molar-refractivity contribution in [1.82, 2.24) is 5.32 Å². The Morgan fingerprint density at radius 3 is 2.65 bits per heavy atom. The number of rotatable bonds is 8. The Morgan fingerprint density at radius 2 is 2.00 bits per heavy atom. The van der Waals surface area contributed by atoms with Crippen LogP contribution in [-0.2, 0) is 9.09 Å². The number of nitrogens with one attached hydrogen (secondary N) is 1. The van der Waals surface area contributed by atoms with Gasteiger partial charge in [0.05, 0.1) is 12.8 Å². The first-order valence-electron chi connectivity index (χ1n) is 6.84. The van der Waals surface area contributed by atoms with Crippen LogP contribution in [0.15, 0.2) is 0 Å². The standard InChI is InChI=1S/C12H26NO3P/c1-2-16-17(14,15)11-7-6-10-13-12-8-4-3-5-9-12/h12-13H,2-11H2,1H3,(H,14,15). The first-order chi connectivity index (χ1) is 8.14. The summed E-state index contributed by atoms with van der Waals surface area (Å²) in [5.74, 6) is 0. The van der Waals surface area contributed by atoms with Crippen molar-refractivity contribution in [2.24, 2.45) is 0 Å². The summed E-state index contributed by atoms with van der Waals surface area (Å²) in [7, 11) is -3.29. The van der Waals surface area contributed by atoms with E-state index in [1.807, 2.05) is 0 Å². The van der Waals surface area contributed by atoms with Crippen LogP contribution < -0.4 is 5.32 Å². The molecule has 1 saturated carbocycles. The zero-order valence-electron chi connectivity index (χ0n) is 10.9. The quantitative estimate of drug-likeness (QED) is 0.522. The van der Waals surface area contributed by atoms with Crippen molar-refractivity contribution in [2.45, 2.75) is 57.9 Å². The van der Waals surface area contributed by atoms with Crippen molar-refractivity contribution in [1.29, 1.82) is 0 Å². The fourth-order valence-electron chi connectivity index (χ4n) is 2.32. The molecule has 1 fully saturated rings. The van der Waals surface area contributed by atoms with Gasteiger partial charge in [0, 0.05) is 6.04 Å². The van der Waals surface area contributed by atoms with E-state index < -0.39 is 7.60 Å². The van der Waals surface area contributed by atoms with E-state index in [0.717, 1.165) is 19.4 Å². The van der Waals surface area contributed by atoms with E-state index in [9.17, 15) is 9.46 Å². The van der Waals surface area contributed by atoms with E-state index in [4.69, 9.17) is 4.52 Å². The predicted octanol–water partition coefficient (Wildman–Crippen LogP) is 2.91. The smallest absolute Gasteiger partial charge is 0.324 e. The fourth-order valence-corrected chi connectivity index (χ4v) is 3.47. The van der Waals surface area contributed by atoms with E-state index in [1.54, 1.807) is 6.92 Å². The molecule has 17 heavy (non-hydrogen) atoms. The van der Waals surface area contributed by atoms with Crippen molar-refractivity contribution in [3.8, 4) is 0 Å². The Kier molecular flexibility index (Phi) is 7.36. The third-order valence-corrected chi connectivity index (χ3v) is 4.78. The summed E-state index contributed by atoms with van der Waals surface area (Å²) in [6.07, 6.45) is 8.63. The van der Waals surface area contributed by atoms with Gasteiger partial charge in [-0.25, -0.2) is 0 Å². The van der Waals surface area contributed by atoms with Gasteiger partial charge in [0.15, 0.2) is 0 Å². The lowest BCUT2D eigenvalue weighted by Crippen LogP contribution is -2.31. The Morgan fingerprint density at radius 1 is 1.29 bits per heavy atom. The minimum absolute atomic E-state index is 0.285. The lowest BCUT2D eigenvalue weighted by molar-refractivity contribution is 0.272. The molecule has 1 aliphatic carbocycles. The highest BCUT2D eigenvalue weighted by atomic mass is 31.2. The first kappa shape index (κ1) is 15.2. The molecule has 2 N–H and O–H groups in total. The van der Waals surface area contributed by atoms with E-state index in [2.05, 4.69) is 5.32 Å². The van der Waals surface area contributed by atoms with Gasteiger partial charge in [0.2, 0.25) is 0 Å². The Bertz CT molecular complexity index is 242. The van der Waals surface area contributed by atoms with Crippen LogP contribution in [0.1, 0.15) is 51.9 Å². The Balaban J connectivity index is 1.98. The minimum Gasteiger partial charge on any atom is -0.324 e. The summed E-state index contributed by atoms with van der Waals surface area (Å²) in [6.45, 7) is 3.01. The number of hydrogen-bond acceptors (Lipinski definition) is 3. The molecule has 0 amide bonds. The molecular weight excluding hydrogens is 237 g/mol. The Labute approximate surface area is 105 Å². The highest BCUT2D eigenvalue weighted by molar-refractivity contribution is 7.52. The normalized spacial score (nSPS) is 21.3. The second-order valence-corrected chi connectivity index (χ2v) is 6.76. The number of hydrogen-bond donors (Lipinski definition) is 2. The molecule has 0 aromatic rings. The first-order valence-corrected chi connectivity index (χ1v) is 8.60. The molecule has 0 bridgehead atoms. The molecule has 4 nitrogen and oxygen atoms in total. The van der Waals surface area contributed by atoms with Gasteiger partial charge >= 0.3 is 7.60 Å². The lowest BCUT2D eigenvalue weighted by atomic mass is 9.95. The number of unbranched alkanes of at least 4 members (excludes halogenated alkanes) is 1. The molecule has 1 rings (SSSR count). The molecule has 0 aromatic heterocycles. The summed E-state index contributed by atoms with van der Waals surface area (Å²) < 4.78 is 16.2. The molecule has 0 spiro atoms. The van der Waals surface area contributed by atoms with Gasteiger partial charge < -0.3 is 14.7 Å². The van der Waals surface area contributed by atoms with Crippen LogP contribution in [0.2, 0.25) is 0 Å². The van der Waals surface area contributed by atoms with Crippen molar-refractivity contribution >= 4 is 7.60 Å². The SMILES string of the molecule is CCOP(=O)(O)CCCCNC1CCCCC1. The molecule has 1 atom stereocenters. The van der Waals surface area contributed by atoms with Crippen LogP contribution in [0, 0.1) is 0 Å². The molecule has 0 radical (unpaired) electrons. The minimum atomic E-state index is -3.29. The van der Waals surface area contributed by atoms with E-state index >= 15 is 0 Å². The van der Waals surface area contributed by atoms with E-state index in [1.165, 1.54) is 32.1 Å². The van der Waals surface area contributed by atoms with Gasteiger partial charge in [-0.3, -0.25) is 4.57 Å². The van der Waals surface area contributed by atoms with Crippen LogP contribution in [0.25, 0.3) is 0 Å². The highest BCUT2D eigenvalue weighted by Crippen LogP contribution is 2.42.